The van der Waals surface area contributed by atoms with Gasteiger partial charge in [-0.1, -0.05) is 24.3 Å². The van der Waals surface area contributed by atoms with Crippen molar-refractivity contribution in [3.63, 3.8) is 0 Å². The Hall–Kier alpha value is -5.32. The lowest BCUT2D eigenvalue weighted by atomic mass is 10.1. The van der Waals surface area contributed by atoms with Gasteiger partial charge in [-0.15, -0.1) is 0 Å². The standard InChI is InChI=1S/C36H38N4O7/c1-44-36(43)28-10-4-9-27(24-28)34(41)39-15-2-3-16-40(35(42)30-12-6-13-31-32(30)47-23-22-46-31)20-21-45-29-11-5-8-26(25-29)33-37-14-19-38(33)17-7-18-39/h4-6,8-14,19,24-25H,2-3,7,15-18,20-23H2,1H3. The highest BCUT2D eigenvalue weighted by Gasteiger charge is 2.25. The maximum absolute atomic E-state index is 13.9. The molecule has 2 aliphatic heterocycles. The van der Waals surface area contributed by atoms with E-state index in [1.807, 2.05) is 35.4 Å². The van der Waals surface area contributed by atoms with Crippen LogP contribution in [0.2, 0.25) is 0 Å². The quantitative estimate of drug-likeness (QED) is 0.290. The third-order valence-electron chi connectivity index (χ3n) is 8.27. The summed E-state index contributed by atoms with van der Waals surface area (Å²) in [4.78, 5) is 48.1. The highest BCUT2D eigenvalue weighted by Crippen LogP contribution is 2.34. The fraction of sp³-hybridized carbons (Fsp3) is 0.333. The van der Waals surface area contributed by atoms with Crippen molar-refractivity contribution in [2.75, 3.05) is 53.1 Å². The number of carbonyl (C=O) groups excluding carboxylic acids is 3. The number of hydrogen-bond donors (Lipinski definition) is 0. The van der Waals surface area contributed by atoms with Gasteiger partial charge in [-0.05, 0) is 61.7 Å². The number of aryl methyl sites for hydroxylation is 1. The molecule has 11 heteroatoms. The maximum atomic E-state index is 13.9. The molecule has 47 heavy (non-hydrogen) atoms. The Morgan fingerprint density at radius 1 is 0.723 bits per heavy atom. The Labute approximate surface area is 273 Å². The lowest BCUT2D eigenvalue weighted by Crippen LogP contribution is -2.37. The molecule has 1 aromatic heterocycles. The van der Waals surface area contributed by atoms with Gasteiger partial charge in [0.15, 0.2) is 11.5 Å². The number of methoxy groups -OCH3 is 1. The summed E-state index contributed by atoms with van der Waals surface area (Å²) in [6, 6.07) is 19.7. The molecule has 0 saturated carbocycles. The number of fused-ring (bicyclic) bond motifs is 5. The Bertz CT molecular complexity index is 1740. The number of imidazole rings is 1. The molecule has 4 aromatic rings. The molecule has 0 spiro atoms. The third kappa shape index (κ3) is 7.40. The number of nitrogens with zero attached hydrogens (tertiary/aromatic N) is 4. The van der Waals surface area contributed by atoms with E-state index in [4.69, 9.17) is 18.9 Å². The van der Waals surface area contributed by atoms with Crippen molar-refractivity contribution in [2.24, 2.45) is 0 Å². The number of aromatic nitrogens is 2. The highest BCUT2D eigenvalue weighted by atomic mass is 16.6. The van der Waals surface area contributed by atoms with Gasteiger partial charge >= 0.3 is 5.97 Å². The summed E-state index contributed by atoms with van der Waals surface area (Å²) in [7, 11) is 1.32. The number of hydrogen-bond acceptors (Lipinski definition) is 8. The van der Waals surface area contributed by atoms with E-state index in [1.165, 1.54) is 7.11 Å². The monoisotopic (exact) mass is 638 g/mol. The van der Waals surface area contributed by atoms with E-state index in [0.717, 1.165) is 11.4 Å². The van der Waals surface area contributed by atoms with Crippen molar-refractivity contribution >= 4 is 17.8 Å². The van der Waals surface area contributed by atoms with Gasteiger partial charge in [-0.3, -0.25) is 9.59 Å². The number of carbonyl (C=O) groups is 3. The smallest absolute Gasteiger partial charge is 0.337 e. The molecule has 0 radical (unpaired) electrons. The van der Waals surface area contributed by atoms with E-state index in [0.29, 0.717) is 99.1 Å². The third-order valence-corrected chi connectivity index (χ3v) is 8.27. The number of esters is 1. The summed E-state index contributed by atoms with van der Waals surface area (Å²) in [5, 5.41) is 0. The van der Waals surface area contributed by atoms with Crippen LogP contribution in [0.25, 0.3) is 11.4 Å². The van der Waals surface area contributed by atoms with E-state index >= 15 is 0 Å². The zero-order valence-corrected chi connectivity index (χ0v) is 26.4. The molecular weight excluding hydrogens is 600 g/mol. The summed E-state index contributed by atoms with van der Waals surface area (Å²) in [5.74, 6) is 1.68. The number of amides is 2. The van der Waals surface area contributed by atoms with Gasteiger partial charge in [0.1, 0.15) is 31.4 Å². The van der Waals surface area contributed by atoms with Gasteiger partial charge in [0, 0.05) is 49.7 Å². The minimum atomic E-state index is -0.495. The number of rotatable bonds is 3. The summed E-state index contributed by atoms with van der Waals surface area (Å²) in [6.07, 6.45) is 5.71. The first-order chi connectivity index (χ1) is 23.0. The van der Waals surface area contributed by atoms with E-state index in [1.54, 1.807) is 53.6 Å². The average Bonchev–Trinajstić information content (AvgIpc) is 3.59. The molecule has 244 valence electrons. The van der Waals surface area contributed by atoms with Crippen LogP contribution in [0.4, 0.5) is 0 Å². The topological polar surface area (TPSA) is 112 Å². The number of ether oxygens (including phenoxy) is 4. The van der Waals surface area contributed by atoms with Crippen LogP contribution < -0.4 is 14.2 Å². The summed E-state index contributed by atoms with van der Waals surface area (Å²) in [5.41, 5.74) is 2.10. The predicted octanol–water partition coefficient (Wildman–Crippen LogP) is 4.96. The van der Waals surface area contributed by atoms with Gasteiger partial charge in [-0.25, -0.2) is 9.78 Å². The fourth-order valence-electron chi connectivity index (χ4n) is 5.91. The molecule has 11 nitrogen and oxygen atoms in total. The molecule has 3 heterocycles. The lowest BCUT2D eigenvalue weighted by molar-refractivity contribution is 0.0600. The van der Waals surface area contributed by atoms with Gasteiger partial charge in [0.2, 0.25) is 0 Å². The highest BCUT2D eigenvalue weighted by molar-refractivity contribution is 5.98. The van der Waals surface area contributed by atoms with Crippen LogP contribution in [0.1, 0.15) is 50.3 Å². The first-order valence-corrected chi connectivity index (χ1v) is 15.9. The molecule has 0 saturated heterocycles. The maximum Gasteiger partial charge on any atom is 0.337 e. The van der Waals surface area contributed by atoms with Crippen LogP contribution in [0.5, 0.6) is 17.2 Å². The van der Waals surface area contributed by atoms with Crippen LogP contribution >= 0.6 is 0 Å². The lowest BCUT2D eigenvalue weighted by Gasteiger charge is -2.27. The van der Waals surface area contributed by atoms with Gasteiger partial charge in [-0.2, -0.15) is 0 Å². The Kier molecular flexibility index (Phi) is 10.00. The van der Waals surface area contributed by atoms with E-state index in [-0.39, 0.29) is 18.4 Å². The average molecular weight is 639 g/mol. The normalized spacial score (nSPS) is 15.5. The molecule has 2 amide bonds. The van der Waals surface area contributed by atoms with Crippen molar-refractivity contribution in [1.29, 1.82) is 0 Å². The summed E-state index contributed by atoms with van der Waals surface area (Å²) < 4.78 is 24.7. The zero-order chi connectivity index (χ0) is 32.6. The Balaban J connectivity index is 1.26. The summed E-state index contributed by atoms with van der Waals surface area (Å²) in [6.45, 7) is 3.55. The second-order valence-corrected chi connectivity index (χ2v) is 11.4. The minimum absolute atomic E-state index is 0.165. The van der Waals surface area contributed by atoms with Crippen molar-refractivity contribution in [2.45, 2.75) is 25.8 Å². The predicted molar refractivity (Wildman–Crippen MR) is 174 cm³/mol. The van der Waals surface area contributed by atoms with E-state index in [9.17, 15) is 14.4 Å². The second kappa shape index (κ2) is 14.8. The van der Waals surface area contributed by atoms with Gasteiger partial charge < -0.3 is 33.3 Å². The van der Waals surface area contributed by atoms with Gasteiger partial charge in [0.05, 0.1) is 24.8 Å². The van der Waals surface area contributed by atoms with E-state index < -0.39 is 5.97 Å². The van der Waals surface area contributed by atoms with Crippen LogP contribution in [-0.4, -0.2) is 90.2 Å². The Morgan fingerprint density at radius 3 is 2.32 bits per heavy atom. The molecule has 6 rings (SSSR count). The first-order valence-electron chi connectivity index (χ1n) is 15.9. The molecule has 0 fully saturated rings. The molecule has 3 aromatic carbocycles. The molecule has 2 aliphatic rings. The van der Waals surface area contributed by atoms with Crippen molar-refractivity contribution < 1.29 is 33.3 Å². The van der Waals surface area contributed by atoms with Crippen LogP contribution in [0.15, 0.2) is 79.1 Å². The molecule has 0 aliphatic carbocycles. The fourth-order valence-corrected chi connectivity index (χ4v) is 5.91. The molecule has 0 unspecified atom stereocenters. The van der Waals surface area contributed by atoms with Crippen molar-refractivity contribution in [1.82, 2.24) is 19.4 Å². The van der Waals surface area contributed by atoms with Crippen molar-refractivity contribution in [3.8, 4) is 28.6 Å². The number of para-hydroxylation sites is 1. The van der Waals surface area contributed by atoms with Crippen LogP contribution in [0, 0.1) is 0 Å². The molecule has 2 bridgehead atoms. The van der Waals surface area contributed by atoms with E-state index in [2.05, 4.69) is 9.55 Å². The second-order valence-electron chi connectivity index (χ2n) is 11.4. The first kappa shape index (κ1) is 31.7. The molecule has 0 N–H and O–H groups in total. The van der Waals surface area contributed by atoms with Crippen LogP contribution in [0.3, 0.4) is 0 Å². The van der Waals surface area contributed by atoms with Gasteiger partial charge in [0.25, 0.3) is 11.8 Å². The Morgan fingerprint density at radius 2 is 1.47 bits per heavy atom. The largest absolute Gasteiger partial charge is 0.492 e. The minimum Gasteiger partial charge on any atom is -0.492 e. The van der Waals surface area contributed by atoms with Crippen molar-refractivity contribution in [3.05, 3.63) is 95.8 Å². The zero-order valence-electron chi connectivity index (χ0n) is 26.4. The number of benzene rings is 3. The van der Waals surface area contributed by atoms with Crippen LogP contribution in [-0.2, 0) is 11.3 Å². The summed E-state index contributed by atoms with van der Waals surface area (Å²) >= 11 is 0. The molecule has 0 atom stereocenters. The molecular formula is C36H38N4O7. The SMILES string of the molecule is COC(=O)c1cccc(C(=O)N2CCCCN(C(=O)c3cccc4c3OCCO4)CCOc3cccc(c3)-c3nccn3CCC2)c1.